The van der Waals surface area contributed by atoms with Crippen LogP contribution in [0.4, 0.5) is 4.39 Å². The van der Waals surface area contributed by atoms with E-state index in [1.165, 1.54) is 5.57 Å². The third-order valence-corrected chi connectivity index (χ3v) is 2.25. The summed E-state index contributed by atoms with van der Waals surface area (Å²) >= 11 is 0. The van der Waals surface area contributed by atoms with Gasteiger partial charge in [0.2, 0.25) is 0 Å². The van der Waals surface area contributed by atoms with Crippen LogP contribution < -0.4 is 0 Å². The summed E-state index contributed by atoms with van der Waals surface area (Å²) in [4.78, 5) is 2.16. The van der Waals surface area contributed by atoms with Gasteiger partial charge < -0.3 is 4.90 Å². The Hall–Kier alpha value is -0.630. The van der Waals surface area contributed by atoms with Gasteiger partial charge in [-0.15, -0.1) is 0 Å². The van der Waals surface area contributed by atoms with E-state index in [0.717, 1.165) is 32.2 Å². The molecule has 0 aromatic heterocycles. The number of halogens is 1. The topological polar surface area (TPSA) is 3.24 Å². The predicted octanol–water partition coefficient (Wildman–Crippen LogP) is 2.90. The molecular weight excluding hydrogens is 165 g/mol. The first-order valence-corrected chi connectivity index (χ1v) is 4.88. The molecule has 0 heterocycles. The van der Waals surface area contributed by atoms with Gasteiger partial charge in [0.05, 0.1) is 0 Å². The smallest absolute Gasteiger partial charge is 0.119 e. The standard InChI is InChI=1S/C11H18FN/c1-13(2)8-4-6-10-5-3-7-11(12)9-10/h7,9H,3-6,8H2,1-2H3. The van der Waals surface area contributed by atoms with Crippen molar-refractivity contribution in [2.75, 3.05) is 20.6 Å². The lowest BCUT2D eigenvalue weighted by molar-refractivity contribution is 0.399. The van der Waals surface area contributed by atoms with E-state index < -0.39 is 0 Å². The molecule has 0 saturated heterocycles. The second-order valence-corrected chi connectivity index (χ2v) is 3.84. The van der Waals surface area contributed by atoms with E-state index >= 15 is 0 Å². The van der Waals surface area contributed by atoms with Crippen molar-refractivity contribution >= 4 is 0 Å². The molecule has 2 heteroatoms. The van der Waals surface area contributed by atoms with Gasteiger partial charge in [-0.25, -0.2) is 4.39 Å². The van der Waals surface area contributed by atoms with Crippen LogP contribution in [0.1, 0.15) is 25.7 Å². The zero-order valence-corrected chi connectivity index (χ0v) is 8.52. The fourth-order valence-electron chi connectivity index (χ4n) is 1.54. The summed E-state index contributed by atoms with van der Waals surface area (Å²) < 4.78 is 12.8. The minimum Gasteiger partial charge on any atom is -0.309 e. The van der Waals surface area contributed by atoms with Gasteiger partial charge in [0.1, 0.15) is 5.83 Å². The number of hydrogen-bond donors (Lipinski definition) is 0. The Labute approximate surface area is 79.9 Å². The molecule has 0 saturated carbocycles. The lowest BCUT2D eigenvalue weighted by Gasteiger charge is -2.12. The van der Waals surface area contributed by atoms with Crippen molar-refractivity contribution in [2.24, 2.45) is 0 Å². The number of nitrogens with zero attached hydrogens (tertiary/aromatic N) is 1. The second kappa shape index (κ2) is 5.18. The van der Waals surface area contributed by atoms with E-state index in [9.17, 15) is 4.39 Å². The first kappa shape index (κ1) is 10.5. The minimum atomic E-state index is -0.0499. The van der Waals surface area contributed by atoms with Crippen LogP contribution in [0.5, 0.6) is 0 Å². The zero-order chi connectivity index (χ0) is 9.68. The Kier molecular flexibility index (Phi) is 4.16. The SMILES string of the molecule is CN(C)CCCC1=CC(F)=CCC1. The highest BCUT2D eigenvalue weighted by atomic mass is 19.1. The average Bonchev–Trinajstić information content (AvgIpc) is 2.03. The Bertz CT molecular complexity index is 216. The summed E-state index contributed by atoms with van der Waals surface area (Å²) in [5.41, 5.74) is 1.27. The molecule has 0 fully saturated rings. The molecule has 74 valence electrons. The Morgan fingerprint density at radius 3 is 2.85 bits per heavy atom. The fraction of sp³-hybridized carbons (Fsp3) is 0.636. The molecule has 0 spiro atoms. The molecule has 0 unspecified atom stereocenters. The van der Waals surface area contributed by atoms with Gasteiger partial charge in [0.25, 0.3) is 0 Å². The van der Waals surface area contributed by atoms with Crippen molar-refractivity contribution < 1.29 is 4.39 Å². The maximum absolute atomic E-state index is 12.8. The summed E-state index contributed by atoms with van der Waals surface area (Å²) in [6.45, 7) is 1.09. The molecule has 1 aliphatic rings. The molecule has 1 aliphatic carbocycles. The van der Waals surface area contributed by atoms with Gasteiger partial charge in [0.15, 0.2) is 0 Å². The third kappa shape index (κ3) is 4.23. The van der Waals surface area contributed by atoms with Crippen molar-refractivity contribution in [3.8, 4) is 0 Å². The molecule has 0 aromatic carbocycles. The molecule has 0 aliphatic heterocycles. The highest BCUT2D eigenvalue weighted by Crippen LogP contribution is 2.21. The Morgan fingerprint density at radius 2 is 2.23 bits per heavy atom. The lowest BCUT2D eigenvalue weighted by atomic mass is 10.00. The number of rotatable bonds is 4. The van der Waals surface area contributed by atoms with E-state index in [2.05, 4.69) is 19.0 Å². The molecule has 1 rings (SSSR count). The van der Waals surface area contributed by atoms with E-state index in [0.29, 0.717) is 0 Å². The average molecular weight is 183 g/mol. The molecule has 13 heavy (non-hydrogen) atoms. The Morgan fingerprint density at radius 1 is 1.46 bits per heavy atom. The lowest BCUT2D eigenvalue weighted by Crippen LogP contribution is -2.13. The van der Waals surface area contributed by atoms with Gasteiger partial charge in [0, 0.05) is 0 Å². The van der Waals surface area contributed by atoms with E-state index in [4.69, 9.17) is 0 Å². The molecule has 0 N–H and O–H groups in total. The molecule has 0 amide bonds. The van der Waals surface area contributed by atoms with Crippen LogP contribution in [-0.4, -0.2) is 25.5 Å². The van der Waals surface area contributed by atoms with Gasteiger partial charge in [-0.3, -0.25) is 0 Å². The van der Waals surface area contributed by atoms with Gasteiger partial charge >= 0.3 is 0 Å². The number of allylic oxidation sites excluding steroid dienone is 4. The van der Waals surface area contributed by atoms with Crippen LogP contribution in [0, 0.1) is 0 Å². The summed E-state index contributed by atoms with van der Waals surface area (Å²) in [5, 5.41) is 0. The van der Waals surface area contributed by atoms with Crippen molar-refractivity contribution in [3.05, 3.63) is 23.6 Å². The first-order chi connectivity index (χ1) is 6.18. The van der Waals surface area contributed by atoms with Crippen LogP contribution >= 0.6 is 0 Å². The summed E-state index contributed by atoms with van der Waals surface area (Å²) in [6.07, 6.45) is 7.45. The molecule has 0 atom stereocenters. The maximum atomic E-state index is 12.8. The molecule has 0 aromatic rings. The summed E-state index contributed by atoms with van der Waals surface area (Å²) in [6, 6.07) is 0. The zero-order valence-electron chi connectivity index (χ0n) is 8.52. The van der Waals surface area contributed by atoms with Gasteiger partial charge in [-0.05, 0) is 58.5 Å². The highest BCUT2D eigenvalue weighted by Gasteiger charge is 2.04. The summed E-state index contributed by atoms with van der Waals surface area (Å²) in [5.74, 6) is -0.0499. The minimum absolute atomic E-state index is 0.0499. The Balaban J connectivity index is 2.25. The highest BCUT2D eigenvalue weighted by molar-refractivity contribution is 5.22. The van der Waals surface area contributed by atoms with Crippen molar-refractivity contribution in [1.29, 1.82) is 0 Å². The van der Waals surface area contributed by atoms with Crippen LogP contribution in [0.3, 0.4) is 0 Å². The molecule has 0 bridgehead atoms. The summed E-state index contributed by atoms with van der Waals surface area (Å²) in [7, 11) is 4.13. The van der Waals surface area contributed by atoms with Crippen LogP contribution in [0.2, 0.25) is 0 Å². The largest absolute Gasteiger partial charge is 0.309 e. The van der Waals surface area contributed by atoms with Crippen molar-refractivity contribution in [1.82, 2.24) is 4.90 Å². The molecule has 1 nitrogen and oxygen atoms in total. The van der Waals surface area contributed by atoms with Crippen LogP contribution in [-0.2, 0) is 0 Å². The fourth-order valence-corrected chi connectivity index (χ4v) is 1.54. The predicted molar refractivity (Wildman–Crippen MR) is 54.3 cm³/mol. The van der Waals surface area contributed by atoms with E-state index in [1.807, 2.05) is 0 Å². The van der Waals surface area contributed by atoms with Crippen LogP contribution in [0.15, 0.2) is 23.6 Å². The maximum Gasteiger partial charge on any atom is 0.119 e. The second-order valence-electron chi connectivity index (χ2n) is 3.84. The van der Waals surface area contributed by atoms with E-state index in [-0.39, 0.29) is 5.83 Å². The van der Waals surface area contributed by atoms with Crippen molar-refractivity contribution in [3.63, 3.8) is 0 Å². The molecular formula is C11H18FN. The quantitative estimate of drug-likeness (QED) is 0.647. The third-order valence-electron chi connectivity index (χ3n) is 2.25. The normalized spacial score (nSPS) is 17.2. The monoisotopic (exact) mass is 183 g/mol. The van der Waals surface area contributed by atoms with E-state index in [1.54, 1.807) is 12.2 Å². The van der Waals surface area contributed by atoms with Gasteiger partial charge in [-0.1, -0.05) is 5.57 Å². The molecule has 0 radical (unpaired) electrons. The number of hydrogen-bond acceptors (Lipinski definition) is 1. The van der Waals surface area contributed by atoms with Crippen molar-refractivity contribution in [2.45, 2.75) is 25.7 Å². The first-order valence-electron chi connectivity index (χ1n) is 4.88. The van der Waals surface area contributed by atoms with Gasteiger partial charge in [-0.2, -0.15) is 0 Å². The van der Waals surface area contributed by atoms with Crippen LogP contribution in [0.25, 0.3) is 0 Å².